The van der Waals surface area contributed by atoms with E-state index in [0.717, 1.165) is 30.8 Å². The van der Waals surface area contributed by atoms with Crippen LogP contribution in [0.15, 0.2) is 12.3 Å². The third-order valence-corrected chi connectivity index (χ3v) is 4.69. The van der Waals surface area contributed by atoms with Crippen molar-refractivity contribution in [2.75, 3.05) is 20.2 Å². The third-order valence-electron chi connectivity index (χ3n) is 4.69. The number of aryl methyl sites for hydroxylation is 1. The van der Waals surface area contributed by atoms with Crippen LogP contribution in [0, 0.1) is 11.8 Å². The van der Waals surface area contributed by atoms with Crippen LogP contribution < -0.4 is 4.74 Å². The maximum Gasteiger partial charge on any atom is 0.410 e. The van der Waals surface area contributed by atoms with Gasteiger partial charge in [0.1, 0.15) is 11.3 Å². The summed E-state index contributed by atoms with van der Waals surface area (Å²) in [6, 6.07) is 0. The van der Waals surface area contributed by atoms with Crippen LogP contribution in [0.2, 0.25) is 0 Å². The first-order valence-corrected chi connectivity index (χ1v) is 8.89. The molecule has 1 fully saturated rings. The normalized spacial score (nSPS) is 22.6. The number of nitrogens with zero attached hydrogens (tertiary/aromatic N) is 3. The second-order valence-electron chi connectivity index (χ2n) is 7.78. The maximum atomic E-state index is 12.3. The maximum absolute atomic E-state index is 12.3. The van der Waals surface area contributed by atoms with Gasteiger partial charge in [-0.25, -0.2) is 14.8 Å². The van der Waals surface area contributed by atoms with Crippen molar-refractivity contribution >= 4 is 11.7 Å². The quantitative estimate of drug-likeness (QED) is 0.841. The Kier molecular flexibility index (Phi) is 4.71. The fraction of sp³-hybridized carbons (Fsp3) is 0.632. The molecule has 1 aliphatic carbocycles. The molecule has 6 nitrogen and oxygen atoms in total. The van der Waals surface area contributed by atoms with Gasteiger partial charge < -0.3 is 14.4 Å². The van der Waals surface area contributed by atoms with Gasteiger partial charge in [0.05, 0.1) is 19.0 Å². The smallest absolute Gasteiger partial charge is 0.410 e. The first kappa shape index (κ1) is 17.7. The van der Waals surface area contributed by atoms with Gasteiger partial charge in [-0.3, -0.25) is 0 Å². The molecule has 2 heterocycles. The van der Waals surface area contributed by atoms with Crippen LogP contribution in [0.4, 0.5) is 4.79 Å². The number of methoxy groups -OCH3 is 1. The first-order chi connectivity index (χ1) is 11.8. The summed E-state index contributed by atoms with van der Waals surface area (Å²) in [5.74, 6) is 1.34. The molecule has 3 rings (SSSR count). The lowest BCUT2D eigenvalue weighted by Crippen LogP contribution is -2.35. The minimum atomic E-state index is -0.459. The number of rotatable bonds is 3. The Hall–Kier alpha value is -2.11. The van der Waals surface area contributed by atoms with E-state index >= 15 is 0 Å². The van der Waals surface area contributed by atoms with Gasteiger partial charge in [0, 0.05) is 19.0 Å². The topological polar surface area (TPSA) is 64.5 Å². The van der Waals surface area contributed by atoms with Crippen molar-refractivity contribution in [1.29, 1.82) is 0 Å². The lowest BCUT2D eigenvalue weighted by atomic mass is 9.99. The highest BCUT2D eigenvalue weighted by molar-refractivity contribution is 5.72. The summed E-state index contributed by atoms with van der Waals surface area (Å²) in [4.78, 5) is 23.2. The van der Waals surface area contributed by atoms with Crippen molar-refractivity contribution in [1.82, 2.24) is 14.9 Å². The lowest BCUT2D eigenvalue weighted by molar-refractivity contribution is 0.0285. The molecule has 1 amide bonds. The molecule has 1 aliphatic heterocycles. The standard InChI is InChI=1S/C19H27N3O3/c1-6-15-9-20-17(24-5)16(21-15)12-7-13-10-22(11-14(13)8-12)18(23)25-19(2,3)4/h7,9,13-14H,6,8,10-11H2,1-5H3. The van der Waals surface area contributed by atoms with Gasteiger partial charge in [0.15, 0.2) is 0 Å². The zero-order valence-corrected chi connectivity index (χ0v) is 15.7. The van der Waals surface area contributed by atoms with Crippen LogP contribution in [0.5, 0.6) is 5.88 Å². The van der Waals surface area contributed by atoms with E-state index in [-0.39, 0.29) is 6.09 Å². The third kappa shape index (κ3) is 3.78. The molecular formula is C19H27N3O3. The number of aromatic nitrogens is 2. The average molecular weight is 345 g/mol. The van der Waals surface area contributed by atoms with E-state index in [1.54, 1.807) is 13.3 Å². The molecule has 6 heteroatoms. The van der Waals surface area contributed by atoms with Crippen LogP contribution in [0.25, 0.3) is 5.57 Å². The number of hydrogen-bond acceptors (Lipinski definition) is 5. The van der Waals surface area contributed by atoms with E-state index < -0.39 is 5.60 Å². The van der Waals surface area contributed by atoms with E-state index in [2.05, 4.69) is 18.0 Å². The van der Waals surface area contributed by atoms with Crippen LogP contribution >= 0.6 is 0 Å². The molecular weight excluding hydrogens is 318 g/mol. The fourth-order valence-electron chi connectivity index (χ4n) is 3.50. The van der Waals surface area contributed by atoms with Gasteiger partial charge in [-0.15, -0.1) is 0 Å². The van der Waals surface area contributed by atoms with E-state index in [1.165, 1.54) is 5.57 Å². The van der Waals surface area contributed by atoms with Crippen LogP contribution in [0.1, 0.15) is 45.5 Å². The zero-order valence-electron chi connectivity index (χ0n) is 15.7. The summed E-state index contributed by atoms with van der Waals surface area (Å²) >= 11 is 0. The summed E-state index contributed by atoms with van der Waals surface area (Å²) in [6.45, 7) is 9.17. The molecule has 25 heavy (non-hydrogen) atoms. The molecule has 1 aromatic heterocycles. The van der Waals surface area contributed by atoms with E-state index in [1.807, 2.05) is 25.7 Å². The van der Waals surface area contributed by atoms with Crippen LogP contribution in [0.3, 0.4) is 0 Å². The van der Waals surface area contributed by atoms with Crippen molar-refractivity contribution in [2.45, 2.75) is 46.1 Å². The van der Waals surface area contributed by atoms with Crippen molar-refractivity contribution in [2.24, 2.45) is 11.8 Å². The number of carbonyl (C=O) groups is 1. The van der Waals surface area contributed by atoms with Gasteiger partial charge in [-0.05, 0) is 45.1 Å². The fourth-order valence-corrected chi connectivity index (χ4v) is 3.50. The zero-order chi connectivity index (χ0) is 18.2. The summed E-state index contributed by atoms with van der Waals surface area (Å²) in [5, 5.41) is 0. The SMILES string of the molecule is CCc1cnc(OC)c(C2=CC3CN(C(=O)OC(C)(C)C)CC3C2)n1. The summed E-state index contributed by atoms with van der Waals surface area (Å²) in [7, 11) is 1.62. The van der Waals surface area contributed by atoms with Gasteiger partial charge in [0.2, 0.25) is 5.88 Å². The molecule has 2 aliphatic rings. The van der Waals surface area contributed by atoms with Gasteiger partial charge >= 0.3 is 6.09 Å². The first-order valence-electron chi connectivity index (χ1n) is 8.89. The van der Waals surface area contributed by atoms with Crippen LogP contribution in [-0.4, -0.2) is 46.8 Å². The number of amides is 1. The van der Waals surface area contributed by atoms with E-state index in [9.17, 15) is 4.79 Å². The number of carbonyl (C=O) groups excluding carboxylic acids is 1. The molecule has 0 radical (unpaired) electrons. The number of fused-ring (bicyclic) bond motifs is 1. The molecule has 0 N–H and O–H groups in total. The Labute approximate surface area is 149 Å². The van der Waals surface area contributed by atoms with E-state index in [0.29, 0.717) is 24.3 Å². The highest BCUT2D eigenvalue weighted by Crippen LogP contribution is 2.42. The molecule has 2 atom stereocenters. The Morgan fingerprint density at radius 1 is 1.36 bits per heavy atom. The summed E-state index contributed by atoms with van der Waals surface area (Å²) in [6.07, 6.45) is 5.52. The lowest BCUT2D eigenvalue weighted by Gasteiger charge is -2.24. The molecule has 0 bridgehead atoms. The highest BCUT2D eigenvalue weighted by Gasteiger charge is 2.40. The largest absolute Gasteiger partial charge is 0.479 e. The van der Waals surface area contributed by atoms with Crippen molar-refractivity contribution in [3.8, 4) is 5.88 Å². The summed E-state index contributed by atoms with van der Waals surface area (Å²) < 4.78 is 10.9. The number of ether oxygens (including phenoxy) is 2. The predicted molar refractivity (Wildman–Crippen MR) is 95.3 cm³/mol. The molecule has 0 aromatic carbocycles. The number of allylic oxidation sites excluding steroid dienone is 1. The van der Waals surface area contributed by atoms with Crippen LogP contribution in [-0.2, 0) is 11.2 Å². The second-order valence-corrected chi connectivity index (χ2v) is 7.78. The monoisotopic (exact) mass is 345 g/mol. The Morgan fingerprint density at radius 3 is 2.72 bits per heavy atom. The van der Waals surface area contributed by atoms with E-state index in [4.69, 9.17) is 14.5 Å². The Balaban J connectivity index is 1.74. The highest BCUT2D eigenvalue weighted by atomic mass is 16.6. The van der Waals surface area contributed by atoms with Crippen molar-refractivity contribution in [3.63, 3.8) is 0 Å². The van der Waals surface area contributed by atoms with Crippen molar-refractivity contribution < 1.29 is 14.3 Å². The molecule has 1 saturated heterocycles. The Morgan fingerprint density at radius 2 is 2.12 bits per heavy atom. The number of hydrogen-bond donors (Lipinski definition) is 0. The average Bonchev–Trinajstić information content (AvgIpc) is 3.11. The van der Waals surface area contributed by atoms with Gasteiger partial charge in [-0.2, -0.15) is 0 Å². The minimum absolute atomic E-state index is 0.220. The van der Waals surface area contributed by atoms with Gasteiger partial charge in [-0.1, -0.05) is 13.0 Å². The second kappa shape index (κ2) is 6.65. The van der Waals surface area contributed by atoms with Crippen molar-refractivity contribution in [3.05, 3.63) is 23.7 Å². The van der Waals surface area contributed by atoms with Gasteiger partial charge in [0.25, 0.3) is 0 Å². The molecule has 136 valence electrons. The predicted octanol–water partition coefficient (Wildman–Crippen LogP) is 3.32. The molecule has 2 unspecified atom stereocenters. The molecule has 0 spiro atoms. The molecule has 1 aromatic rings. The Bertz CT molecular complexity index is 694. The summed E-state index contributed by atoms with van der Waals surface area (Å²) in [5.41, 5.74) is 2.53. The molecule has 0 saturated carbocycles. The minimum Gasteiger partial charge on any atom is -0.479 e. The number of likely N-dealkylation sites (tertiary alicyclic amines) is 1.